The Morgan fingerprint density at radius 2 is 2.33 bits per heavy atom. The molecule has 1 amide bonds. The molecule has 5 heteroatoms. The lowest BCUT2D eigenvalue weighted by Gasteiger charge is -2.29. The summed E-state index contributed by atoms with van der Waals surface area (Å²) in [5.74, 6) is 0.563. The smallest absolute Gasteiger partial charge is 0.232 e. The third-order valence-electron chi connectivity index (χ3n) is 2.97. The first kappa shape index (κ1) is 12.9. The summed E-state index contributed by atoms with van der Waals surface area (Å²) in [6, 6.07) is 6.04. The van der Waals surface area contributed by atoms with Crippen molar-refractivity contribution in [2.24, 2.45) is 5.92 Å². The first-order valence-corrected chi connectivity index (χ1v) is 6.98. The summed E-state index contributed by atoms with van der Waals surface area (Å²) >= 11 is 1.52. The molecule has 0 spiro atoms. The number of amides is 1. The summed E-state index contributed by atoms with van der Waals surface area (Å²) in [7, 11) is 0. The van der Waals surface area contributed by atoms with E-state index in [4.69, 9.17) is 5.26 Å². The van der Waals surface area contributed by atoms with Gasteiger partial charge in [0.2, 0.25) is 5.91 Å². The molecule has 0 radical (unpaired) electrons. The number of hydrogen-bond acceptors (Lipinski definition) is 4. The molecule has 0 aliphatic carbocycles. The molecule has 2 rings (SSSR count). The van der Waals surface area contributed by atoms with Crippen LogP contribution < -0.4 is 0 Å². The predicted molar refractivity (Wildman–Crippen MR) is 69.9 cm³/mol. The molecule has 4 nitrogen and oxygen atoms in total. The molecule has 1 fully saturated rings. The normalized spacial score (nSPS) is 19.3. The topological polar surface area (TPSA) is 57.0 Å². The van der Waals surface area contributed by atoms with Crippen molar-refractivity contribution in [1.29, 1.82) is 5.26 Å². The molecular formula is C13H15N3OS. The molecule has 1 saturated heterocycles. The Kier molecular flexibility index (Phi) is 4.59. The van der Waals surface area contributed by atoms with Crippen LogP contribution in [0.4, 0.5) is 0 Å². The number of aromatic nitrogens is 1. The number of carbonyl (C=O) groups is 1. The molecule has 0 unspecified atom stereocenters. The Labute approximate surface area is 111 Å². The Balaban J connectivity index is 1.83. The summed E-state index contributed by atoms with van der Waals surface area (Å²) in [5, 5.41) is 8.90. The Bertz CT molecular complexity index is 443. The Morgan fingerprint density at radius 1 is 1.56 bits per heavy atom. The molecule has 18 heavy (non-hydrogen) atoms. The van der Waals surface area contributed by atoms with Crippen LogP contribution in [0.15, 0.2) is 29.4 Å². The lowest BCUT2D eigenvalue weighted by atomic mass is 10.00. The van der Waals surface area contributed by atoms with E-state index in [0.717, 1.165) is 24.3 Å². The highest BCUT2D eigenvalue weighted by Crippen LogP contribution is 2.20. The predicted octanol–water partition coefficient (Wildman–Crippen LogP) is 1.94. The van der Waals surface area contributed by atoms with Gasteiger partial charge < -0.3 is 4.90 Å². The standard InChI is InChI=1S/C13H15N3OS/c14-8-11-2-1-7-16(9-11)13(17)10-18-12-3-5-15-6-4-12/h3-6,11H,1-2,7,9-10H2/t11-/m0/s1. The average Bonchev–Trinajstić information content (AvgIpc) is 2.46. The van der Waals surface area contributed by atoms with E-state index in [9.17, 15) is 4.79 Å². The molecule has 1 aliphatic heterocycles. The van der Waals surface area contributed by atoms with E-state index in [0.29, 0.717) is 12.3 Å². The SMILES string of the molecule is N#C[C@@H]1CCCN(C(=O)CSc2ccncc2)C1. The number of pyridine rings is 1. The fourth-order valence-corrected chi connectivity index (χ4v) is 2.77. The van der Waals surface area contributed by atoms with Gasteiger partial charge in [-0.05, 0) is 25.0 Å². The van der Waals surface area contributed by atoms with Crippen LogP contribution in [0.3, 0.4) is 0 Å². The van der Waals surface area contributed by atoms with Gasteiger partial charge in [0.25, 0.3) is 0 Å². The molecule has 1 aromatic rings. The second-order valence-corrected chi connectivity index (χ2v) is 5.33. The van der Waals surface area contributed by atoms with Crippen molar-refractivity contribution in [1.82, 2.24) is 9.88 Å². The van der Waals surface area contributed by atoms with Gasteiger partial charge in [-0.1, -0.05) is 0 Å². The summed E-state index contributed by atoms with van der Waals surface area (Å²) in [4.78, 5) is 18.8. The van der Waals surface area contributed by atoms with Crippen LogP contribution in [-0.4, -0.2) is 34.6 Å². The van der Waals surface area contributed by atoms with Gasteiger partial charge in [-0.3, -0.25) is 9.78 Å². The number of piperidine rings is 1. The number of nitriles is 1. The Morgan fingerprint density at radius 3 is 3.06 bits per heavy atom. The summed E-state index contributed by atoms with van der Waals surface area (Å²) < 4.78 is 0. The van der Waals surface area contributed by atoms with Crippen molar-refractivity contribution in [2.75, 3.05) is 18.8 Å². The highest BCUT2D eigenvalue weighted by atomic mass is 32.2. The first-order valence-electron chi connectivity index (χ1n) is 6.00. The third-order valence-corrected chi connectivity index (χ3v) is 3.97. The van der Waals surface area contributed by atoms with Crippen molar-refractivity contribution in [3.63, 3.8) is 0 Å². The number of rotatable bonds is 3. The van der Waals surface area contributed by atoms with E-state index in [1.54, 1.807) is 12.4 Å². The third kappa shape index (κ3) is 3.47. The number of hydrogen-bond donors (Lipinski definition) is 0. The fourth-order valence-electron chi connectivity index (χ4n) is 1.98. The van der Waals surface area contributed by atoms with Crippen molar-refractivity contribution in [3.8, 4) is 6.07 Å². The number of nitrogens with zero attached hydrogens (tertiary/aromatic N) is 3. The Hall–Kier alpha value is -1.54. The number of thioether (sulfide) groups is 1. The van der Waals surface area contributed by atoms with E-state index in [1.807, 2.05) is 17.0 Å². The zero-order chi connectivity index (χ0) is 12.8. The van der Waals surface area contributed by atoms with Crippen LogP contribution in [0, 0.1) is 17.2 Å². The minimum absolute atomic E-state index is 0.00799. The highest BCUT2D eigenvalue weighted by Gasteiger charge is 2.23. The van der Waals surface area contributed by atoms with Crippen molar-refractivity contribution < 1.29 is 4.79 Å². The van der Waals surface area contributed by atoms with E-state index in [1.165, 1.54) is 11.8 Å². The van der Waals surface area contributed by atoms with Crippen LogP contribution in [0.5, 0.6) is 0 Å². The van der Waals surface area contributed by atoms with E-state index >= 15 is 0 Å². The molecule has 2 heterocycles. The van der Waals surface area contributed by atoms with Gasteiger partial charge >= 0.3 is 0 Å². The van der Waals surface area contributed by atoms with Crippen LogP contribution in [0.25, 0.3) is 0 Å². The molecule has 1 aromatic heterocycles. The second-order valence-electron chi connectivity index (χ2n) is 4.28. The maximum Gasteiger partial charge on any atom is 0.232 e. The van der Waals surface area contributed by atoms with E-state index in [2.05, 4.69) is 11.1 Å². The molecule has 0 aromatic carbocycles. The van der Waals surface area contributed by atoms with Crippen LogP contribution in [-0.2, 0) is 4.79 Å². The molecule has 1 aliphatic rings. The van der Waals surface area contributed by atoms with Crippen LogP contribution in [0.1, 0.15) is 12.8 Å². The van der Waals surface area contributed by atoms with Crippen LogP contribution >= 0.6 is 11.8 Å². The highest BCUT2D eigenvalue weighted by molar-refractivity contribution is 8.00. The lowest BCUT2D eigenvalue weighted by Crippen LogP contribution is -2.40. The van der Waals surface area contributed by atoms with Gasteiger partial charge in [-0.15, -0.1) is 11.8 Å². The maximum atomic E-state index is 12.0. The minimum atomic E-state index is 0.00799. The van der Waals surface area contributed by atoms with Gasteiger partial charge in [0.15, 0.2) is 0 Å². The lowest BCUT2D eigenvalue weighted by molar-refractivity contribution is -0.129. The molecule has 0 bridgehead atoms. The van der Waals surface area contributed by atoms with Gasteiger partial charge in [-0.2, -0.15) is 5.26 Å². The van der Waals surface area contributed by atoms with Gasteiger partial charge in [0.1, 0.15) is 0 Å². The van der Waals surface area contributed by atoms with E-state index in [-0.39, 0.29) is 11.8 Å². The maximum absolute atomic E-state index is 12.0. The zero-order valence-electron chi connectivity index (χ0n) is 10.1. The molecule has 0 N–H and O–H groups in total. The second kappa shape index (κ2) is 6.41. The van der Waals surface area contributed by atoms with E-state index < -0.39 is 0 Å². The monoisotopic (exact) mass is 261 g/mol. The summed E-state index contributed by atoms with van der Waals surface area (Å²) in [5.41, 5.74) is 0. The number of carbonyl (C=O) groups excluding carboxylic acids is 1. The fraction of sp³-hybridized carbons (Fsp3) is 0.462. The molecule has 94 valence electrons. The first-order chi connectivity index (χ1) is 8.79. The molecular weight excluding hydrogens is 246 g/mol. The van der Waals surface area contributed by atoms with Crippen LogP contribution in [0.2, 0.25) is 0 Å². The zero-order valence-corrected chi connectivity index (χ0v) is 10.9. The molecule has 0 saturated carbocycles. The molecule has 1 atom stereocenters. The minimum Gasteiger partial charge on any atom is -0.341 e. The largest absolute Gasteiger partial charge is 0.341 e. The van der Waals surface area contributed by atoms with Gasteiger partial charge in [0, 0.05) is 30.4 Å². The van der Waals surface area contributed by atoms with Gasteiger partial charge in [0.05, 0.1) is 17.7 Å². The van der Waals surface area contributed by atoms with Gasteiger partial charge in [-0.25, -0.2) is 0 Å². The summed E-state index contributed by atoms with van der Waals surface area (Å²) in [6.07, 6.45) is 5.29. The quantitative estimate of drug-likeness (QED) is 0.780. The average molecular weight is 261 g/mol. The van der Waals surface area contributed by atoms with Crippen molar-refractivity contribution in [3.05, 3.63) is 24.5 Å². The van der Waals surface area contributed by atoms with Crippen molar-refractivity contribution in [2.45, 2.75) is 17.7 Å². The van der Waals surface area contributed by atoms with Crippen molar-refractivity contribution >= 4 is 17.7 Å². The number of likely N-dealkylation sites (tertiary alicyclic amines) is 1. The summed E-state index contributed by atoms with van der Waals surface area (Å²) in [6.45, 7) is 1.38.